The molecule has 1 atom stereocenters. The topological polar surface area (TPSA) is 22.1 Å². The number of hydrogen-bond acceptors (Lipinski definition) is 3. The first-order valence-electron chi connectivity index (χ1n) is 7.01. The van der Waals surface area contributed by atoms with Crippen molar-refractivity contribution < 1.29 is 4.74 Å². The summed E-state index contributed by atoms with van der Waals surface area (Å²) in [5, 5.41) is 1.03. The number of fused-ring (bicyclic) bond motifs is 1. The zero-order valence-electron chi connectivity index (χ0n) is 11.9. The maximum absolute atomic E-state index is 5.84. The van der Waals surface area contributed by atoms with Gasteiger partial charge in [0, 0.05) is 0 Å². The van der Waals surface area contributed by atoms with Gasteiger partial charge < -0.3 is 4.74 Å². The van der Waals surface area contributed by atoms with Gasteiger partial charge in [0.1, 0.15) is 11.1 Å². The molecule has 0 aliphatic carbocycles. The van der Waals surface area contributed by atoms with Gasteiger partial charge in [-0.3, -0.25) is 0 Å². The second-order valence-electron chi connectivity index (χ2n) is 4.81. The van der Waals surface area contributed by atoms with Crippen molar-refractivity contribution in [2.75, 3.05) is 6.61 Å². The zero-order valence-corrected chi connectivity index (χ0v) is 12.7. The molecule has 21 heavy (non-hydrogen) atoms. The van der Waals surface area contributed by atoms with Crippen LogP contribution in [0.3, 0.4) is 0 Å². The second kappa shape index (κ2) is 6.66. The quantitative estimate of drug-likeness (QED) is 0.654. The maximum atomic E-state index is 5.84. The Morgan fingerprint density at radius 2 is 1.86 bits per heavy atom. The van der Waals surface area contributed by atoms with E-state index in [9.17, 15) is 0 Å². The van der Waals surface area contributed by atoms with Crippen LogP contribution in [-0.4, -0.2) is 11.6 Å². The van der Waals surface area contributed by atoms with Crippen LogP contribution in [0.25, 0.3) is 16.3 Å². The monoisotopic (exact) mass is 295 g/mol. The number of benzene rings is 2. The molecule has 0 bridgehead atoms. The van der Waals surface area contributed by atoms with Crippen molar-refractivity contribution in [2.24, 2.45) is 0 Å². The summed E-state index contributed by atoms with van der Waals surface area (Å²) in [6.45, 7) is 2.64. The molecular weight excluding hydrogens is 278 g/mol. The minimum absolute atomic E-state index is 0.0165. The van der Waals surface area contributed by atoms with Gasteiger partial charge in [0.2, 0.25) is 0 Å². The second-order valence-corrected chi connectivity index (χ2v) is 5.87. The summed E-state index contributed by atoms with van der Waals surface area (Å²) < 4.78 is 7.05. The lowest BCUT2D eigenvalue weighted by Crippen LogP contribution is -1.99. The van der Waals surface area contributed by atoms with Crippen molar-refractivity contribution >= 4 is 27.6 Å². The molecule has 1 aromatic heterocycles. The van der Waals surface area contributed by atoms with Crippen LogP contribution >= 0.6 is 11.3 Å². The smallest absolute Gasteiger partial charge is 0.123 e. The number of nitrogens with zero attached hydrogens (tertiary/aromatic N) is 1. The molecule has 1 unspecified atom stereocenters. The highest BCUT2D eigenvalue weighted by Crippen LogP contribution is 2.27. The summed E-state index contributed by atoms with van der Waals surface area (Å²) in [6.07, 6.45) is 4.13. The molecular formula is C18H17NOS. The van der Waals surface area contributed by atoms with Gasteiger partial charge in [-0.1, -0.05) is 54.6 Å². The molecule has 0 saturated heterocycles. The SMILES string of the molecule is CC(OC/C=C/c1ccccc1)c1nc2ccccc2s1. The van der Waals surface area contributed by atoms with E-state index in [0.29, 0.717) is 6.61 Å². The van der Waals surface area contributed by atoms with Gasteiger partial charge in [0.25, 0.3) is 0 Å². The van der Waals surface area contributed by atoms with E-state index < -0.39 is 0 Å². The molecule has 2 aromatic carbocycles. The molecule has 106 valence electrons. The number of aromatic nitrogens is 1. The van der Waals surface area contributed by atoms with E-state index in [1.807, 2.05) is 49.4 Å². The highest BCUT2D eigenvalue weighted by molar-refractivity contribution is 7.18. The van der Waals surface area contributed by atoms with Crippen LogP contribution in [0.4, 0.5) is 0 Å². The van der Waals surface area contributed by atoms with Crippen molar-refractivity contribution in [3.8, 4) is 0 Å². The number of rotatable bonds is 5. The van der Waals surface area contributed by atoms with Crippen LogP contribution in [0.15, 0.2) is 60.7 Å². The van der Waals surface area contributed by atoms with E-state index in [2.05, 4.69) is 29.3 Å². The number of hydrogen-bond donors (Lipinski definition) is 0. The Hall–Kier alpha value is -1.97. The Kier molecular flexibility index (Phi) is 4.43. The Bertz CT molecular complexity index is 700. The molecule has 0 aliphatic rings. The van der Waals surface area contributed by atoms with Gasteiger partial charge in [0.05, 0.1) is 16.8 Å². The van der Waals surface area contributed by atoms with E-state index >= 15 is 0 Å². The fourth-order valence-corrected chi connectivity index (χ4v) is 3.05. The molecule has 0 spiro atoms. The third-order valence-electron chi connectivity index (χ3n) is 3.21. The van der Waals surface area contributed by atoms with E-state index in [-0.39, 0.29) is 6.10 Å². The standard InChI is InChI=1S/C18H17NOS/c1-14(18-19-16-11-5-6-12-17(16)21-18)20-13-7-10-15-8-3-2-4-9-15/h2-12,14H,13H2,1H3/b10-7+. The Morgan fingerprint density at radius 1 is 1.10 bits per heavy atom. The van der Waals surface area contributed by atoms with Crippen molar-refractivity contribution in [3.05, 3.63) is 71.2 Å². The minimum Gasteiger partial charge on any atom is -0.367 e. The molecule has 0 saturated carbocycles. The Balaban J connectivity index is 1.59. The van der Waals surface area contributed by atoms with E-state index in [4.69, 9.17) is 4.74 Å². The number of ether oxygens (including phenoxy) is 1. The zero-order chi connectivity index (χ0) is 14.5. The van der Waals surface area contributed by atoms with Gasteiger partial charge in [-0.25, -0.2) is 4.98 Å². The molecule has 3 aromatic rings. The fourth-order valence-electron chi connectivity index (χ4n) is 2.08. The highest BCUT2D eigenvalue weighted by Gasteiger charge is 2.10. The van der Waals surface area contributed by atoms with E-state index in [1.165, 1.54) is 10.3 Å². The number of thiazole rings is 1. The largest absolute Gasteiger partial charge is 0.367 e. The summed E-state index contributed by atoms with van der Waals surface area (Å²) in [5.74, 6) is 0. The van der Waals surface area contributed by atoms with E-state index in [0.717, 1.165) is 10.5 Å². The first kappa shape index (κ1) is 14.0. The lowest BCUT2D eigenvalue weighted by atomic mass is 10.2. The summed E-state index contributed by atoms with van der Waals surface area (Å²) in [5.41, 5.74) is 2.24. The van der Waals surface area contributed by atoms with Gasteiger partial charge in [-0.15, -0.1) is 11.3 Å². The van der Waals surface area contributed by atoms with Crippen LogP contribution in [0.2, 0.25) is 0 Å². The normalized spacial score (nSPS) is 13.0. The molecule has 0 N–H and O–H groups in total. The van der Waals surface area contributed by atoms with Gasteiger partial charge >= 0.3 is 0 Å². The van der Waals surface area contributed by atoms with E-state index in [1.54, 1.807) is 11.3 Å². The van der Waals surface area contributed by atoms with Crippen molar-refractivity contribution in [3.63, 3.8) is 0 Å². The molecule has 3 heteroatoms. The van der Waals surface area contributed by atoms with Gasteiger partial charge in [-0.05, 0) is 24.6 Å². The third-order valence-corrected chi connectivity index (χ3v) is 4.41. The average Bonchev–Trinajstić information content (AvgIpc) is 2.96. The molecule has 0 radical (unpaired) electrons. The summed E-state index contributed by atoms with van der Waals surface area (Å²) >= 11 is 1.70. The van der Waals surface area contributed by atoms with Gasteiger partial charge in [0.15, 0.2) is 0 Å². The average molecular weight is 295 g/mol. The molecule has 0 aliphatic heterocycles. The third kappa shape index (κ3) is 3.57. The molecule has 3 rings (SSSR count). The highest BCUT2D eigenvalue weighted by atomic mass is 32.1. The van der Waals surface area contributed by atoms with Crippen molar-refractivity contribution in [1.82, 2.24) is 4.98 Å². The Morgan fingerprint density at radius 3 is 2.67 bits per heavy atom. The molecule has 0 fully saturated rings. The lowest BCUT2D eigenvalue weighted by Gasteiger charge is -2.07. The van der Waals surface area contributed by atoms with Crippen LogP contribution in [-0.2, 0) is 4.74 Å². The molecule has 1 heterocycles. The fraction of sp³-hybridized carbons (Fsp3) is 0.167. The van der Waals surface area contributed by atoms with Crippen LogP contribution in [0, 0.1) is 0 Å². The van der Waals surface area contributed by atoms with Crippen molar-refractivity contribution in [1.29, 1.82) is 0 Å². The maximum Gasteiger partial charge on any atom is 0.123 e. The van der Waals surface area contributed by atoms with Gasteiger partial charge in [-0.2, -0.15) is 0 Å². The molecule has 2 nitrogen and oxygen atoms in total. The lowest BCUT2D eigenvalue weighted by molar-refractivity contribution is 0.0889. The van der Waals surface area contributed by atoms with Crippen LogP contribution < -0.4 is 0 Å². The van der Waals surface area contributed by atoms with Crippen LogP contribution in [0.5, 0.6) is 0 Å². The summed E-state index contributed by atoms with van der Waals surface area (Å²) in [4.78, 5) is 4.62. The number of para-hydroxylation sites is 1. The first-order valence-corrected chi connectivity index (χ1v) is 7.83. The predicted molar refractivity (Wildman–Crippen MR) is 89.5 cm³/mol. The Labute approximate surface area is 128 Å². The first-order chi connectivity index (χ1) is 10.3. The summed E-state index contributed by atoms with van der Waals surface area (Å²) in [7, 11) is 0. The van der Waals surface area contributed by atoms with Crippen LogP contribution in [0.1, 0.15) is 23.6 Å². The molecule has 0 amide bonds. The summed E-state index contributed by atoms with van der Waals surface area (Å²) in [6, 6.07) is 18.4. The predicted octanol–water partition coefficient (Wildman–Crippen LogP) is 5.09. The minimum atomic E-state index is 0.0165. The van der Waals surface area contributed by atoms with Crippen molar-refractivity contribution in [2.45, 2.75) is 13.0 Å².